The number of nitrogens with zero attached hydrogens (tertiary/aromatic N) is 2. The molecule has 1 rings (SSSR count). The number of aliphatic carboxylic acids is 1. The molecule has 0 aromatic rings. The first-order valence-electron chi connectivity index (χ1n) is 6.83. The molecule has 19 heavy (non-hydrogen) atoms. The van der Waals surface area contributed by atoms with Gasteiger partial charge in [0.15, 0.2) is 0 Å². The number of hydrogen-bond donors (Lipinski definition) is 2. The summed E-state index contributed by atoms with van der Waals surface area (Å²) >= 11 is 0. The fourth-order valence-corrected chi connectivity index (χ4v) is 2.01. The van der Waals surface area contributed by atoms with Gasteiger partial charge >= 0.3 is 5.97 Å². The van der Waals surface area contributed by atoms with Crippen LogP contribution in [-0.4, -0.2) is 73.1 Å². The van der Waals surface area contributed by atoms with E-state index in [1.807, 2.05) is 0 Å². The Hall–Kier alpha value is -1.14. The van der Waals surface area contributed by atoms with Crippen molar-refractivity contribution in [2.75, 3.05) is 46.3 Å². The normalized spacial score (nSPS) is 20.8. The molecule has 110 valence electrons. The first-order valence-corrected chi connectivity index (χ1v) is 6.83. The van der Waals surface area contributed by atoms with Gasteiger partial charge in [-0.2, -0.15) is 0 Å². The zero-order chi connectivity index (χ0) is 14.4. The number of nitrogens with one attached hydrogen (secondary N) is 1. The van der Waals surface area contributed by atoms with Crippen LogP contribution in [0.2, 0.25) is 0 Å². The molecule has 0 aliphatic carbocycles. The molecule has 2 unspecified atom stereocenters. The lowest BCUT2D eigenvalue weighted by Crippen LogP contribution is -2.47. The molecule has 0 aromatic carbocycles. The maximum atomic E-state index is 11.8. The molecule has 6 nitrogen and oxygen atoms in total. The van der Waals surface area contributed by atoms with Crippen molar-refractivity contribution in [1.82, 2.24) is 15.1 Å². The van der Waals surface area contributed by atoms with Gasteiger partial charge in [0, 0.05) is 45.2 Å². The molecule has 1 heterocycles. The van der Waals surface area contributed by atoms with Gasteiger partial charge in [-0.3, -0.25) is 14.5 Å². The third-order valence-electron chi connectivity index (χ3n) is 3.88. The quantitative estimate of drug-likeness (QED) is 0.694. The lowest BCUT2D eigenvalue weighted by atomic mass is 9.95. The van der Waals surface area contributed by atoms with E-state index in [0.717, 1.165) is 32.7 Å². The Morgan fingerprint density at radius 1 is 1.16 bits per heavy atom. The van der Waals surface area contributed by atoms with Crippen molar-refractivity contribution in [3.05, 3.63) is 0 Å². The van der Waals surface area contributed by atoms with Gasteiger partial charge in [-0.1, -0.05) is 13.8 Å². The topological polar surface area (TPSA) is 72.9 Å². The molecule has 0 bridgehead atoms. The molecule has 6 heteroatoms. The lowest BCUT2D eigenvalue weighted by molar-refractivity contribution is -0.146. The summed E-state index contributed by atoms with van der Waals surface area (Å²) < 4.78 is 0. The van der Waals surface area contributed by atoms with Crippen molar-refractivity contribution >= 4 is 11.9 Å². The maximum absolute atomic E-state index is 11.8. The zero-order valence-electron chi connectivity index (χ0n) is 12.1. The van der Waals surface area contributed by atoms with Crippen LogP contribution in [0.4, 0.5) is 0 Å². The maximum Gasteiger partial charge on any atom is 0.307 e. The van der Waals surface area contributed by atoms with Gasteiger partial charge < -0.3 is 15.3 Å². The minimum absolute atomic E-state index is 0.177. The van der Waals surface area contributed by atoms with Gasteiger partial charge in [-0.05, 0) is 7.05 Å². The number of likely N-dealkylation sites (N-methyl/N-ethyl adjacent to an activating group) is 1. The molecule has 1 fully saturated rings. The number of carboxylic acid groups (broad SMARTS) is 1. The second kappa shape index (κ2) is 7.45. The fraction of sp³-hybridized carbons (Fsp3) is 0.846. The van der Waals surface area contributed by atoms with Gasteiger partial charge in [0.05, 0.1) is 5.92 Å². The molecule has 0 radical (unpaired) electrons. The van der Waals surface area contributed by atoms with Crippen LogP contribution in [0.5, 0.6) is 0 Å². The highest BCUT2D eigenvalue weighted by molar-refractivity contribution is 5.84. The molecule has 1 aliphatic rings. The minimum Gasteiger partial charge on any atom is -0.481 e. The highest BCUT2D eigenvalue weighted by Crippen LogP contribution is 2.10. The summed E-state index contributed by atoms with van der Waals surface area (Å²) in [6.45, 7) is 8.78. The first-order chi connectivity index (χ1) is 8.91. The zero-order valence-corrected chi connectivity index (χ0v) is 12.1. The van der Waals surface area contributed by atoms with Crippen molar-refractivity contribution in [3.63, 3.8) is 0 Å². The van der Waals surface area contributed by atoms with Crippen LogP contribution >= 0.6 is 0 Å². The third kappa shape index (κ3) is 5.16. The van der Waals surface area contributed by atoms with Crippen LogP contribution in [0, 0.1) is 11.8 Å². The standard InChI is InChI=1S/C13H25N3O3/c1-10(11(2)13(18)19)12(17)14-4-5-16-8-6-15(3)7-9-16/h10-11H,4-9H2,1-3H3,(H,14,17)(H,18,19). The van der Waals surface area contributed by atoms with Crippen molar-refractivity contribution in [2.45, 2.75) is 13.8 Å². The Kier molecular flexibility index (Phi) is 6.24. The molecule has 0 saturated carbocycles. The van der Waals surface area contributed by atoms with Gasteiger partial charge in [0.1, 0.15) is 0 Å². The van der Waals surface area contributed by atoms with Crippen LogP contribution in [0.3, 0.4) is 0 Å². The van der Waals surface area contributed by atoms with Crippen LogP contribution in [-0.2, 0) is 9.59 Å². The fourth-order valence-electron chi connectivity index (χ4n) is 2.01. The van der Waals surface area contributed by atoms with E-state index >= 15 is 0 Å². The molecule has 1 aliphatic heterocycles. The second-order valence-electron chi connectivity index (χ2n) is 5.35. The molecular weight excluding hydrogens is 246 g/mol. The predicted octanol–water partition coefficient (Wildman–Crippen LogP) is -0.293. The molecular formula is C13H25N3O3. The first kappa shape index (κ1) is 15.9. The summed E-state index contributed by atoms with van der Waals surface area (Å²) in [5, 5.41) is 11.7. The summed E-state index contributed by atoms with van der Waals surface area (Å²) in [5.74, 6) is -2.25. The number of carbonyl (C=O) groups excluding carboxylic acids is 1. The van der Waals surface area contributed by atoms with E-state index in [-0.39, 0.29) is 5.91 Å². The van der Waals surface area contributed by atoms with Crippen LogP contribution < -0.4 is 5.32 Å². The highest BCUT2D eigenvalue weighted by atomic mass is 16.4. The average molecular weight is 271 g/mol. The van der Waals surface area contributed by atoms with Crippen LogP contribution in [0.15, 0.2) is 0 Å². The largest absolute Gasteiger partial charge is 0.481 e. The third-order valence-corrected chi connectivity index (χ3v) is 3.88. The van der Waals surface area contributed by atoms with E-state index < -0.39 is 17.8 Å². The van der Waals surface area contributed by atoms with E-state index in [1.165, 1.54) is 0 Å². The number of amides is 1. The summed E-state index contributed by atoms with van der Waals surface area (Å²) in [6.07, 6.45) is 0. The van der Waals surface area contributed by atoms with Crippen LogP contribution in [0.25, 0.3) is 0 Å². The molecule has 1 amide bonds. The van der Waals surface area contributed by atoms with E-state index in [0.29, 0.717) is 6.54 Å². The molecule has 0 spiro atoms. The number of rotatable bonds is 6. The Labute approximate surface area is 114 Å². The van der Waals surface area contributed by atoms with Gasteiger partial charge in [-0.15, -0.1) is 0 Å². The summed E-state index contributed by atoms with van der Waals surface area (Å²) in [4.78, 5) is 27.2. The van der Waals surface area contributed by atoms with E-state index in [2.05, 4.69) is 22.2 Å². The van der Waals surface area contributed by atoms with E-state index in [1.54, 1.807) is 13.8 Å². The second-order valence-corrected chi connectivity index (χ2v) is 5.35. The van der Waals surface area contributed by atoms with Crippen LogP contribution in [0.1, 0.15) is 13.8 Å². The molecule has 1 saturated heterocycles. The molecule has 2 N–H and O–H groups in total. The number of piperazine rings is 1. The Balaban J connectivity index is 2.21. The Morgan fingerprint density at radius 3 is 2.26 bits per heavy atom. The molecule has 2 atom stereocenters. The number of carbonyl (C=O) groups is 2. The van der Waals surface area contributed by atoms with E-state index in [4.69, 9.17) is 5.11 Å². The average Bonchev–Trinajstić information content (AvgIpc) is 2.39. The highest BCUT2D eigenvalue weighted by Gasteiger charge is 2.25. The van der Waals surface area contributed by atoms with Crippen molar-refractivity contribution in [3.8, 4) is 0 Å². The lowest BCUT2D eigenvalue weighted by Gasteiger charge is -2.32. The van der Waals surface area contributed by atoms with E-state index in [9.17, 15) is 9.59 Å². The minimum atomic E-state index is -0.929. The monoisotopic (exact) mass is 271 g/mol. The number of carboxylic acids is 1. The van der Waals surface area contributed by atoms with Crippen molar-refractivity contribution in [2.24, 2.45) is 11.8 Å². The predicted molar refractivity (Wildman–Crippen MR) is 72.9 cm³/mol. The summed E-state index contributed by atoms with van der Waals surface area (Å²) in [5.41, 5.74) is 0. The number of hydrogen-bond acceptors (Lipinski definition) is 4. The van der Waals surface area contributed by atoms with Crippen molar-refractivity contribution in [1.29, 1.82) is 0 Å². The Morgan fingerprint density at radius 2 is 1.74 bits per heavy atom. The SMILES string of the molecule is CC(C(=O)O)C(C)C(=O)NCCN1CCN(C)CC1. The van der Waals surface area contributed by atoms with Gasteiger partial charge in [0.25, 0.3) is 0 Å². The van der Waals surface area contributed by atoms with Crippen molar-refractivity contribution < 1.29 is 14.7 Å². The summed E-state index contributed by atoms with van der Waals surface area (Å²) in [7, 11) is 2.11. The van der Waals surface area contributed by atoms with Gasteiger partial charge in [-0.25, -0.2) is 0 Å². The molecule has 0 aromatic heterocycles. The smallest absolute Gasteiger partial charge is 0.307 e. The summed E-state index contributed by atoms with van der Waals surface area (Å²) in [6, 6.07) is 0. The van der Waals surface area contributed by atoms with Gasteiger partial charge in [0.2, 0.25) is 5.91 Å². The Bertz CT molecular complexity index is 314.